The van der Waals surface area contributed by atoms with Gasteiger partial charge in [-0.3, -0.25) is 9.59 Å². The highest BCUT2D eigenvalue weighted by molar-refractivity contribution is 7.88. The van der Waals surface area contributed by atoms with Crippen LogP contribution in [0.3, 0.4) is 0 Å². The minimum atomic E-state index is -3.48. The van der Waals surface area contributed by atoms with Crippen molar-refractivity contribution < 1.29 is 27.5 Å². The van der Waals surface area contributed by atoms with Crippen LogP contribution in [0.15, 0.2) is 24.3 Å². The number of amides is 2. The second-order valence-electron chi connectivity index (χ2n) is 8.43. The molecule has 11 heteroatoms. The second kappa shape index (κ2) is 10.8. The molecule has 2 amide bonds. The molecule has 0 spiro atoms. The molecule has 0 unspecified atom stereocenters. The number of halogens is 1. The third kappa shape index (κ3) is 7.33. The Morgan fingerprint density at radius 2 is 1.94 bits per heavy atom. The highest BCUT2D eigenvalue weighted by Gasteiger charge is 2.41. The molecule has 0 bridgehead atoms. The smallest absolute Gasteiger partial charge is 0.237 e. The number of hydrogen-bond donors (Lipinski definition) is 1. The first-order chi connectivity index (χ1) is 15.2. The average molecular weight is 488 g/mol. The second-order valence-corrected chi connectivity index (χ2v) is 10.7. The minimum Gasteiger partial charge on any atom is -0.493 e. The Morgan fingerprint density at radius 1 is 1.19 bits per heavy atom. The number of benzene rings is 1. The third-order valence-electron chi connectivity index (χ3n) is 5.73. The van der Waals surface area contributed by atoms with E-state index >= 15 is 0 Å². The van der Waals surface area contributed by atoms with Gasteiger partial charge in [0.05, 0.1) is 32.6 Å². The van der Waals surface area contributed by atoms with Gasteiger partial charge < -0.3 is 19.3 Å². The van der Waals surface area contributed by atoms with Gasteiger partial charge in [0, 0.05) is 43.0 Å². The Morgan fingerprint density at radius 3 is 2.62 bits per heavy atom. The van der Waals surface area contributed by atoms with E-state index in [-0.39, 0.29) is 31.4 Å². The number of nitrogens with one attached hydrogen (secondary N) is 1. The molecule has 3 rings (SSSR count). The van der Waals surface area contributed by atoms with E-state index in [1.54, 1.807) is 34.1 Å². The standard InChI is InChI=1S/C21H30ClN3O6S/c1-32(28,29)23-14-20(27)25-7-3-6-21(15-25,13-19(26)24-8-10-30-11-9-24)16-31-18-5-2-4-17(22)12-18/h2,4-5,12,23H,3,6-11,13-16H2,1H3/t21-/m1/s1. The predicted molar refractivity (Wildman–Crippen MR) is 120 cm³/mol. The highest BCUT2D eigenvalue weighted by atomic mass is 35.5. The van der Waals surface area contributed by atoms with Crippen molar-refractivity contribution in [2.45, 2.75) is 19.3 Å². The fraction of sp³-hybridized carbons (Fsp3) is 0.619. The number of carbonyl (C=O) groups is 2. The molecule has 0 aliphatic carbocycles. The monoisotopic (exact) mass is 487 g/mol. The molecule has 1 aromatic rings. The van der Waals surface area contributed by atoms with Gasteiger partial charge in [-0.05, 0) is 31.0 Å². The van der Waals surface area contributed by atoms with Gasteiger partial charge in [-0.1, -0.05) is 17.7 Å². The zero-order chi connectivity index (χ0) is 23.2. The van der Waals surface area contributed by atoms with E-state index < -0.39 is 15.4 Å². The molecule has 1 N–H and O–H groups in total. The molecule has 0 radical (unpaired) electrons. The largest absolute Gasteiger partial charge is 0.493 e. The lowest BCUT2D eigenvalue weighted by atomic mass is 9.77. The number of hydrogen-bond acceptors (Lipinski definition) is 6. The summed E-state index contributed by atoms with van der Waals surface area (Å²) in [7, 11) is -3.48. The van der Waals surface area contributed by atoms with Gasteiger partial charge in [-0.2, -0.15) is 0 Å². The molecule has 2 aliphatic heterocycles. The number of likely N-dealkylation sites (tertiary alicyclic amines) is 1. The number of rotatable bonds is 8. The van der Waals surface area contributed by atoms with Crippen LogP contribution in [0.25, 0.3) is 0 Å². The van der Waals surface area contributed by atoms with Crippen molar-refractivity contribution in [3.05, 3.63) is 29.3 Å². The van der Waals surface area contributed by atoms with Gasteiger partial charge >= 0.3 is 0 Å². The number of carbonyl (C=O) groups excluding carboxylic acids is 2. The van der Waals surface area contributed by atoms with Gasteiger partial charge in [0.25, 0.3) is 0 Å². The van der Waals surface area contributed by atoms with E-state index in [1.165, 1.54) is 0 Å². The summed E-state index contributed by atoms with van der Waals surface area (Å²) < 4.78 is 36.4. The summed E-state index contributed by atoms with van der Waals surface area (Å²) in [6.07, 6.45) is 2.66. The van der Waals surface area contributed by atoms with Crippen LogP contribution >= 0.6 is 11.6 Å². The number of ether oxygens (including phenoxy) is 2. The van der Waals surface area contributed by atoms with E-state index in [2.05, 4.69) is 4.72 Å². The van der Waals surface area contributed by atoms with Gasteiger partial charge in [-0.25, -0.2) is 13.1 Å². The van der Waals surface area contributed by atoms with Crippen LogP contribution in [-0.2, 0) is 24.3 Å². The molecule has 0 aromatic heterocycles. The zero-order valence-corrected chi connectivity index (χ0v) is 19.8. The first kappa shape index (κ1) is 24.8. The first-order valence-corrected chi connectivity index (χ1v) is 12.9. The van der Waals surface area contributed by atoms with E-state index in [0.29, 0.717) is 63.0 Å². The number of piperidine rings is 1. The summed E-state index contributed by atoms with van der Waals surface area (Å²) in [4.78, 5) is 29.1. The van der Waals surface area contributed by atoms with Crippen LogP contribution < -0.4 is 9.46 Å². The summed E-state index contributed by atoms with van der Waals surface area (Å²) in [5, 5.41) is 0.549. The van der Waals surface area contributed by atoms with E-state index in [4.69, 9.17) is 21.1 Å². The molecular formula is C21H30ClN3O6S. The molecule has 2 aliphatic rings. The Kier molecular flexibility index (Phi) is 8.37. The van der Waals surface area contributed by atoms with Crippen molar-refractivity contribution >= 4 is 33.4 Å². The van der Waals surface area contributed by atoms with E-state index in [0.717, 1.165) is 6.26 Å². The fourth-order valence-electron chi connectivity index (χ4n) is 4.08. The molecule has 1 atom stereocenters. The van der Waals surface area contributed by atoms with Gasteiger partial charge in [0.2, 0.25) is 21.8 Å². The van der Waals surface area contributed by atoms with Crippen molar-refractivity contribution in [1.82, 2.24) is 14.5 Å². The Labute approximate surface area is 194 Å². The molecule has 1 aromatic carbocycles. The maximum atomic E-state index is 13.1. The fourth-order valence-corrected chi connectivity index (χ4v) is 4.64. The lowest BCUT2D eigenvalue weighted by molar-refractivity contribution is -0.143. The molecule has 0 saturated carbocycles. The average Bonchev–Trinajstić information content (AvgIpc) is 2.76. The molecule has 32 heavy (non-hydrogen) atoms. The van der Waals surface area contributed by atoms with Crippen molar-refractivity contribution in [3.63, 3.8) is 0 Å². The van der Waals surface area contributed by atoms with Crippen LogP contribution in [0.1, 0.15) is 19.3 Å². The van der Waals surface area contributed by atoms with E-state index in [1.807, 2.05) is 0 Å². The van der Waals surface area contributed by atoms with Crippen molar-refractivity contribution in [2.75, 3.05) is 58.8 Å². The normalized spacial score (nSPS) is 21.9. The molecule has 178 valence electrons. The van der Waals surface area contributed by atoms with Crippen LogP contribution in [0.2, 0.25) is 5.02 Å². The lowest BCUT2D eigenvalue weighted by Gasteiger charge is -2.43. The summed E-state index contributed by atoms with van der Waals surface area (Å²) in [6.45, 7) is 2.88. The number of sulfonamides is 1. The molecule has 2 fully saturated rings. The van der Waals surface area contributed by atoms with Crippen molar-refractivity contribution in [1.29, 1.82) is 0 Å². The predicted octanol–water partition coefficient (Wildman–Crippen LogP) is 1.13. The van der Waals surface area contributed by atoms with Crippen LogP contribution in [0.4, 0.5) is 0 Å². The lowest BCUT2D eigenvalue weighted by Crippen LogP contribution is -2.53. The van der Waals surface area contributed by atoms with Gasteiger partial charge in [-0.15, -0.1) is 0 Å². The SMILES string of the molecule is CS(=O)(=O)NCC(=O)N1CCC[C@@](COc2cccc(Cl)c2)(CC(=O)N2CCOCC2)C1. The maximum absolute atomic E-state index is 13.1. The maximum Gasteiger partial charge on any atom is 0.237 e. The quantitative estimate of drug-likeness (QED) is 0.589. The summed E-state index contributed by atoms with van der Waals surface area (Å²) >= 11 is 6.06. The van der Waals surface area contributed by atoms with Gasteiger partial charge in [0.15, 0.2) is 0 Å². The molecule has 2 saturated heterocycles. The molecular weight excluding hydrogens is 458 g/mol. The van der Waals surface area contributed by atoms with Gasteiger partial charge in [0.1, 0.15) is 5.75 Å². The molecule has 9 nitrogen and oxygen atoms in total. The van der Waals surface area contributed by atoms with Crippen molar-refractivity contribution in [3.8, 4) is 5.75 Å². The summed E-state index contributed by atoms with van der Waals surface area (Å²) in [6, 6.07) is 7.05. The first-order valence-electron chi connectivity index (χ1n) is 10.6. The Hall–Kier alpha value is -1.88. The van der Waals surface area contributed by atoms with Crippen LogP contribution in [0.5, 0.6) is 5.75 Å². The minimum absolute atomic E-state index is 0.00607. The summed E-state index contributed by atoms with van der Waals surface area (Å²) in [5.74, 6) is 0.283. The Bertz CT molecular complexity index is 922. The van der Waals surface area contributed by atoms with E-state index in [9.17, 15) is 18.0 Å². The highest BCUT2D eigenvalue weighted by Crippen LogP contribution is 2.35. The Balaban J connectivity index is 1.73. The van der Waals surface area contributed by atoms with Crippen molar-refractivity contribution in [2.24, 2.45) is 5.41 Å². The molecule has 2 heterocycles. The topological polar surface area (TPSA) is 105 Å². The zero-order valence-electron chi connectivity index (χ0n) is 18.2. The number of morpholine rings is 1. The van der Waals surface area contributed by atoms with Crippen LogP contribution in [0, 0.1) is 5.41 Å². The summed E-state index contributed by atoms with van der Waals surface area (Å²) in [5.41, 5.74) is -0.587. The van der Waals surface area contributed by atoms with Crippen LogP contribution in [-0.4, -0.2) is 88.8 Å². The number of nitrogens with zero attached hydrogens (tertiary/aromatic N) is 2. The third-order valence-corrected chi connectivity index (χ3v) is 6.63.